The lowest BCUT2D eigenvalue weighted by Crippen LogP contribution is -2.30. The molecule has 0 spiro atoms. The lowest BCUT2D eigenvalue weighted by atomic mass is 9.86. The maximum Gasteiger partial charge on any atom is 0.243 e. The van der Waals surface area contributed by atoms with Crippen LogP contribution in [0.5, 0.6) is 5.75 Å². The molecular weight excluding hydrogens is 352 g/mol. The van der Waals surface area contributed by atoms with Gasteiger partial charge in [0.25, 0.3) is 0 Å². The summed E-state index contributed by atoms with van der Waals surface area (Å²) in [4.78, 5) is 12.3. The van der Waals surface area contributed by atoms with Crippen LogP contribution < -0.4 is 5.32 Å². The molecule has 0 atom stereocenters. The molecule has 0 aliphatic heterocycles. The molecule has 1 fully saturated rings. The van der Waals surface area contributed by atoms with Crippen LogP contribution in [0.1, 0.15) is 58.8 Å². The van der Waals surface area contributed by atoms with Crippen LogP contribution in [0.2, 0.25) is 0 Å². The molecule has 0 aromatic heterocycles. The minimum absolute atomic E-state index is 0.0709. The first-order valence-corrected chi connectivity index (χ1v) is 11.0. The van der Waals surface area contributed by atoms with Crippen molar-refractivity contribution in [2.45, 2.75) is 63.7 Å². The van der Waals surface area contributed by atoms with Gasteiger partial charge in [0.2, 0.25) is 15.9 Å². The number of aromatic hydroxyl groups is 1. The summed E-state index contributed by atoms with van der Waals surface area (Å²) in [7, 11) is -3.63. The molecule has 2 rings (SSSR count). The van der Waals surface area contributed by atoms with Crippen LogP contribution in [-0.4, -0.2) is 36.8 Å². The first-order chi connectivity index (χ1) is 12.4. The molecule has 0 unspecified atom stereocenters. The van der Waals surface area contributed by atoms with Gasteiger partial charge in [-0.05, 0) is 30.5 Å². The van der Waals surface area contributed by atoms with Gasteiger partial charge in [0.05, 0.1) is 10.6 Å². The number of amides is 1. The second-order valence-electron chi connectivity index (χ2n) is 6.86. The van der Waals surface area contributed by atoms with E-state index in [1.807, 2.05) is 0 Å². The highest BCUT2D eigenvalue weighted by Crippen LogP contribution is 2.30. The molecule has 1 aliphatic carbocycles. The maximum absolute atomic E-state index is 12.6. The summed E-state index contributed by atoms with van der Waals surface area (Å²) in [6, 6.07) is 4.01. The number of benzene rings is 1. The Morgan fingerprint density at radius 3 is 2.46 bits per heavy atom. The molecule has 1 aromatic rings. The van der Waals surface area contributed by atoms with Gasteiger partial charge in [-0.25, -0.2) is 8.42 Å². The molecule has 6 nitrogen and oxygen atoms in total. The van der Waals surface area contributed by atoms with E-state index >= 15 is 0 Å². The number of rotatable bonds is 8. The molecule has 2 N–H and O–H groups in total. The predicted molar refractivity (Wildman–Crippen MR) is 103 cm³/mol. The largest absolute Gasteiger partial charge is 0.506 e. The van der Waals surface area contributed by atoms with Gasteiger partial charge in [-0.3, -0.25) is 4.79 Å². The first-order valence-electron chi connectivity index (χ1n) is 9.51. The molecule has 0 heterocycles. The van der Waals surface area contributed by atoms with Gasteiger partial charge in [-0.2, -0.15) is 4.31 Å². The highest BCUT2D eigenvalue weighted by Gasteiger charge is 2.23. The van der Waals surface area contributed by atoms with Gasteiger partial charge in [0, 0.05) is 19.5 Å². The lowest BCUT2D eigenvalue weighted by molar-refractivity contribution is -0.116. The summed E-state index contributed by atoms with van der Waals surface area (Å²) in [5, 5.41) is 12.7. The predicted octanol–water partition coefficient (Wildman–Crippen LogP) is 3.72. The summed E-state index contributed by atoms with van der Waals surface area (Å²) in [6.07, 6.45) is 7.33. The second kappa shape index (κ2) is 9.37. The van der Waals surface area contributed by atoms with Gasteiger partial charge in [0.15, 0.2) is 0 Å². The Morgan fingerprint density at radius 2 is 1.85 bits per heavy atom. The number of nitrogens with one attached hydrogen (secondary N) is 1. The standard InChI is InChI=1S/C19H30N2O4S/c1-3-21(4-2)26(24,25)16-11-12-18(22)17(14-16)20-19(23)13-10-15-8-6-5-7-9-15/h11-12,14-15,22H,3-10,13H2,1-2H3,(H,20,23). The molecule has 1 amide bonds. The van der Waals surface area contributed by atoms with Gasteiger partial charge >= 0.3 is 0 Å². The fourth-order valence-electron chi connectivity index (χ4n) is 3.51. The molecule has 7 heteroatoms. The van der Waals surface area contributed by atoms with Gasteiger partial charge in [-0.1, -0.05) is 46.0 Å². The summed E-state index contributed by atoms with van der Waals surface area (Å²) in [5.74, 6) is 0.273. The average Bonchev–Trinajstić information content (AvgIpc) is 2.63. The van der Waals surface area contributed by atoms with Crippen LogP contribution in [0.25, 0.3) is 0 Å². The number of phenols is 1. The molecular formula is C19H30N2O4S. The van der Waals surface area contributed by atoms with Crippen molar-refractivity contribution in [2.24, 2.45) is 5.92 Å². The van der Waals surface area contributed by atoms with E-state index in [4.69, 9.17) is 0 Å². The van der Waals surface area contributed by atoms with Crippen molar-refractivity contribution in [3.63, 3.8) is 0 Å². The van der Waals surface area contributed by atoms with Crippen molar-refractivity contribution in [2.75, 3.05) is 18.4 Å². The molecule has 0 radical (unpaired) electrons. The van der Waals surface area contributed by atoms with Crippen LogP contribution >= 0.6 is 0 Å². The fraction of sp³-hybridized carbons (Fsp3) is 0.632. The first kappa shape index (κ1) is 20.7. The highest BCUT2D eigenvalue weighted by atomic mass is 32.2. The van der Waals surface area contributed by atoms with Crippen molar-refractivity contribution in [3.8, 4) is 5.75 Å². The summed E-state index contributed by atoms with van der Waals surface area (Å²) < 4.78 is 26.6. The van der Waals surface area contributed by atoms with Gasteiger partial charge < -0.3 is 10.4 Å². The van der Waals surface area contributed by atoms with Crippen LogP contribution in [0, 0.1) is 5.92 Å². The number of hydrogen-bond acceptors (Lipinski definition) is 4. The highest BCUT2D eigenvalue weighted by molar-refractivity contribution is 7.89. The van der Waals surface area contributed by atoms with Crippen LogP contribution in [0.4, 0.5) is 5.69 Å². The van der Waals surface area contributed by atoms with E-state index in [0.717, 1.165) is 6.42 Å². The third-order valence-corrected chi connectivity index (χ3v) is 7.14. The zero-order chi connectivity index (χ0) is 19.2. The van der Waals surface area contributed by atoms with Crippen LogP contribution in [0.3, 0.4) is 0 Å². The quantitative estimate of drug-likeness (QED) is 0.671. The second-order valence-corrected chi connectivity index (χ2v) is 8.80. The molecule has 1 aromatic carbocycles. The lowest BCUT2D eigenvalue weighted by Gasteiger charge is -2.21. The van der Waals surface area contributed by atoms with Crippen LogP contribution in [0.15, 0.2) is 23.1 Å². The van der Waals surface area contributed by atoms with Crippen molar-refractivity contribution >= 4 is 21.6 Å². The van der Waals surface area contributed by atoms with Crippen LogP contribution in [-0.2, 0) is 14.8 Å². The Kier molecular flexibility index (Phi) is 7.46. The fourth-order valence-corrected chi connectivity index (χ4v) is 5.00. The van der Waals surface area contributed by atoms with E-state index in [0.29, 0.717) is 25.4 Å². The summed E-state index contributed by atoms with van der Waals surface area (Å²) in [6.45, 7) is 4.27. The topological polar surface area (TPSA) is 86.7 Å². The van der Waals surface area contributed by atoms with E-state index < -0.39 is 10.0 Å². The van der Waals surface area contributed by atoms with E-state index in [1.54, 1.807) is 13.8 Å². The van der Waals surface area contributed by atoms with Crippen molar-refractivity contribution < 1.29 is 18.3 Å². The van der Waals surface area contributed by atoms with E-state index in [-0.39, 0.29) is 22.2 Å². The Bertz CT molecular complexity index is 708. The molecule has 0 bridgehead atoms. The third-order valence-electron chi connectivity index (χ3n) is 5.09. The average molecular weight is 383 g/mol. The normalized spacial score (nSPS) is 16.0. The van der Waals surface area contributed by atoms with Gasteiger partial charge in [0.1, 0.15) is 5.75 Å². The Morgan fingerprint density at radius 1 is 1.19 bits per heavy atom. The molecule has 1 saturated carbocycles. The van der Waals surface area contributed by atoms with E-state index in [1.165, 1.54) is 54.6 Å². The molecule has 146 valence electrons. The smallest absolute Gasteiger partial charge is 0.243 e. The maximum atomic E-state index is 12.6. The van der Waals surface area contributed by atoms with Crippen molar-refractivity contribution in [3.05, 3.63) is 18.2 Å². The summed E-state index contributed by atoms with van der Waals surface area (Å²) >= 11 is 0. The zero-order valence-electron chi connectivity index (χ0n) is 15.7. The molecule has 0 saturated heterocycles. The number of nitrogens with zero attached hydrogens (tertiary/aromatic N) is 1. The number of sulfonamides is 1. The minimum atomic E-state index is -3.63. The Labute approximate surface area is 156 Å². The summed E-state index contributed by atoms with van der Waals surface area (Å²) in [5.41, 5.74) is 0.145. The number of anilines is 1. The van der Waals surface area contributed by atoms with E-state index in [9.17, 15) is 18.3 Å². The Hall–Kier alpha value is -1.60. The Balaban J connectivity index is 2.05. The number of carbonyl (C=O) groups excluding carboxylic acids is 1. The van der Waals surface area contributed by atoms with E-state index in [2.05, 4.69) is 5.32 Å². The number of carbonyl (C=O) groups is 1. The SMILES string of the molecule is CCN(CC)S(=O)(=O)c1ccc(O)c(NC(=O)CCC2CCCCC2)c1. The number of phenolic OH excluding ortho intramolecular Hbond substituents is 1. The van der Waals surface area contributed by atoms with Gasteiger partial charge in [-0.15, -0.1) is 0 Å². The monoisotopic (exact) mass is 382 g/mol. The molecule has 1 aliphatic rings. The van der Waals surface area contributed by atoms with Crippen molar-refractivity contribution in [1.29, 1.82) is 0 Å². The third kappa shape index (κ3) is 5.20. The zero-order valence-corrected chi connectivity index (χ0v) is 16.5. The minimum Gasteiger partial charge on any atom is -0.506 e. The molecule has 26 heavy (non-hydrogen) atoms. The van der Waals surface area contributed by atoms with Crippen molar-refractivity contribution in [1.82, 2.24) is 4.31 Å². The number of hydrogen-bond donors (Lipinski definition) is 2.